The highest BCUT2D eigenvalue weighted by Crippen LogP contribution is 2.24. The lowest BCUT2D eigenvalue weighted by Crippen LogP contribution is -2.06. The van der Waals surface area contributed by atoms with Crippen molar-refractivity contribution in [3.63, 3.8) is 0 Å². The van der Waals surface area contributed by atoms with Crippen LogP contribution in [0.5, 0.6) is 11.5 Å². The summed E-state index contributed by atoms with van der Waals surface area (Å²) < 4.78 is 5.78. The highest BCUT2D eigenvalue weighted by molar-refractivity contribution is 6.14. The minimum atomic E-state index is -0.128. The van der Waals surface area contributed by atoms with Gasteiger partial charge in [0.05, 0.1) is 5.52 Å². The van der Waals surface area contributed by atoms with Crippen LogP contribution in [0.2, 0.25) is 0 Å². The number of fused-ring (bicyclic) bond motifs is 1. The number of para-hydroxylation sites is 1. The molecule has 4 heteroatoms. The zero-order valence-corrected chi connectivity index (χ0v) is 15.1. The van der Waals surface area contributed by atoms with E-state index in [1.165, 1.54) is 6.33 Å². The number of ketones is 1. The molecule has 3 aromatic carbocycles. The molecule has 0 N–H and O–H groups in total. The molecule has 0 bridgehead atoms. The Bertz CT molecular complexity index is 1120. The average molecular weight is 354 g/mol. The number of ether oxygens (including phenoxy) is 1. The third-order valence-corrected chi connectivity index (χ3v) is 4.56. The number of rotatable bonds is 4. The van der Waals surface area contributed by atoms with E-state index in [2.05, 4.69) is 9.97 Å². The molecule has 0 spiro atoms. The Morgan fingerprint density at radius 3 is 2.22 bits per heavy atom. The minimum absolute atomic E-state index is 0.128. The van der Waals surface area contributed by atoms with Crippen molar-refractivity contribution >= 4 is 16.7 Å². The van der Waals surface area contributed by atoms with Gasteiger partial charge in [0.2, 0.25) is 5.78 Å². The van der Waals surface area contributed by atoms with Crippen molar-refractivity contribution in [1.82, 2.24) is 9.97 Å². The van der Waals surface area contributed by atoms with E-state index in [4.69, 9.17) is 4.74 Å². The Kier molecular flexibility index (Phi) is 4.38. The highest BCUT2D eigenvalue weighted by atomic mass is 16.5. The topological polar surface area (TPSA) is 52.1 Å². The molecule has 4 rings (SSSR count). The number of benzene rings is 3. The molecule has 0 unspecified atom stereocenters. The van der Waals surface area contributed by atoms with Crippen LogP contribution in [-0.4, -0.2) is 15.8 Å². The van der Waals surface area contributed by atoms with Crippen LogP contribution >= 0.6 is 0 Å². The number of carbonyl (C=O) groups excluding carboxylic acids is 1. The molecule has 0 fully saturated rings. The van der Waals surface area contributed by atoms with Crippen molar-refractivity contribution in [3.05, 3.63) is 95.4 Å². The third-order valence-electron chi connectivity index (χ3n) is 4.56. The summed E-state index contributed by atoms with van der Waals surface area (Å²) in [4.78, 5) is 21.5. The summed E-state index contributed by atoms with van der Waals surface area (Å²) in [5.41, 5.74) is 4.01. The van der Waals surface area contributed by atoms with E-state index in [-0.39, 0.29) is 5.78 Å². The second-order valence-corrected chi connectivity index (χ2v) is 6.44. The molecule has 0 aliphatic rings. The van der Waals surface area contributed by atoms with Gasteiger partial charge in [0.25, 0.3) is 0 Å². The second-order valence-electron chi connectivity index (χ2n) is 6.44. The summed E-state index contributed by atoms with van der Waals surface area (Å²) in [6.07, 6.45) is 1.44. The Morgan fingerprint density at radius 2 is 1.48 bits per heavy atom. The quantitative estimate of drug-likeness (QED) is 0.469. The molecule has 1 aromatic heterocycles. The number of carbonyl (C=O) groups is 1. The monoisotopic (exact) mass is 354 g/mol. The van der Waals surface area contributed by atoms with Crippen molar-refractivity contribution < 1.29 is 9.53 Å². The van der Waals surface area contributed by atoms with Crippen LogP contribution in [0.3, 0.4) is 0 Å². The first-order valence-corrected chi connectivity index (χ1v) is 8.71. The van der Waals surface area contributed by atoms with Crippen molar-refractivity contribution in [2.45, 2.75) is 13.8 Å². The summed E-state index contributed by atoms with van der Waals surface area (Å²) in [7, 11) is 0. The Balaban J connectivity index is 1.65. The summed E-state index contributed by atoms with van der Waals surface area (Å²) in [5.74, 6) is 1.30. The maximum absolute atomic E-state index is 13.0. The van der Waals surface area contributed by atoms with E-state index in [9.17, 15) is 4.79 Å². The molecule has 0 saturated heterocycles. The van der Waals surface area contributed by atoms with Gasteiger partial charge in [-0.1, -0.05) is 18.2 Å². The average Bonchev–Trinajstić information content (AvgIpc) is 2.69. The number of nitrogens with zero attached hydrogens (tertiary/aromatic N) is 2. The fourth-order valence-electron chi connectivity index (χ4n) is 2.93. The van der Waals surface area contributed by atoms with Gasteiger partial charge in [-0.25, -0.2) is 9.97 Å². The highest BCUT2D eigenvalue weighted by Gasteiger charge is 2.15. The van der Waals surface area contributed by atoms with Gasteiger partial charge in [-0.15, -0.1) is 0 Å². The normalized spacial score (nSPS) is 10.7. The number of hydrogen-bond acceptors (Lipinski definition) is 4. The SMILES string of the molecule is Cc1cc2ncnc(C(=O)c3ccc(Oc4ccccc4)cc3)c2cc1C. The molecular weight excluding hydrogens is 336 g/mol. The first-order chi connectivity index (χ1) is 13.1. The maximum atomic E-state index is 13.0. The molecule has 0 aliphatic heterocycles. The van der Waals surface area contributed by atoms with E-state index in [0.717, 1.165) is 27.8 Å². The molecule has 27 heavy (non-hydrogen) atoms. The van der Waals surface area contributed by atoms with E-state index in [1.807, 2.05) is 56.3 Å². The Hall–Kier alpha value is -3.53. The van der Waals surface area contributed by atoms with Crippen LogP contribution in [0.15, 0.2) is 73.1 Å². The van der Waals surface area contributed by atoms with Crippen LogP contribution in [-0.2, 0) is 0 Å². The summed E-state index contributed by atoms with van der Waals surface area (Å²) in [6.45, 7) is 4.05. The summed E-state index contributed by atoms with van der Waals surface area (Å²) in [6, 6.07) is 20.6. The standard InChI is InChI=1S/C23H18N2O2/c1-15-12-20-21(13-16(15)2)24-14-25-22(20)23(26)17-8-10-19(11-9-17)27-18-6-4-3-5-7-18/h3-14H,1-2H3. The zero-order chi connectivity index (χ0) is 18.8. The van der Waals surface area contributed by atoms with Crippen molar-refractivity contribution in [2.75, 3.05) is 0 Å². The van der Waals surface area contributed by atoms with Gasteiger partial charge in [0.15, 0.2) is 0 Å². The van der Waals surface area contributed by atoms with Gasteiger partial charge < -0.3 is 4.74 Å². The molecule has 132 valence electrons. The van der Waals surface area contributed by atoms with Crippen LogP contribution in [0.1, 0.15) is 27.2 Å². The van der Waals surface area contributed by atoms with Gasteiger partial charge in [0.1, 0.15) is 23.5 Å². The Morgan fingerprint density at radius 1 is 0.815 bits per heavy atom. The number of aromatic nitrogens is 2. The number of aryl methyl sites for hydroxylation is 2. The van der Waals surface area contributed by atoms with Crippen LogP contribution in [0.4, 0.5) is 0 Å². The van der Waals surface area contributed by atoms with E-state index in [1.54, 1.807) is 24.3 Å². The van der Waals surface area contributed by atoms with E-state index in [0.29, 0.717) is 17.0 Å². The smallest absolute Gasteiger partial charge is 0.212 e. The lowest BCUT2D eigenvalue weighted by Gasteiger charge is -2.08. The van der Waals surface area contributed by atoms with Crippen molar-refractivity contribution in [2.24, 2.45) is 0 Å². The first-order valence-electron chi connectivity index (χ1n) is 8.71. The van der Waals surface area contributed by atoms with Gasteiger partial charge in [-0.05, 0) is 73.5 Å². The first kappa shape index (κ1) is 16.9. The minimum Gasteiger partial charge on any atom is -0.457 e. The maximum Gasteiger partial charge on any atom is 0.212 e. The van der Waals surface area contributed by atoms with Gasteiger partial charge in [-0.2, -0.15) is 0 Å². The van der Waals surface area contributed by atoms with Crippen molar-refractivity contribution in [1.29, 1.82) is 0 Å². The fraction of sp³-hybridized carbons (Fsp3) is 0.0870. The third kappa shape index (κ3) is 3.42. The predicted octanol–water partition coefficient (Wildman–Crippen LogP) is 5.27. The summed E-state index contributed by atoms with van der Waals surface area (Å²) >= 11 is 0. The van der Waals surface area contributed by atoms with Crippen LogP contribution < -0.4 is 4.74 Å². The molecule has 0 radical (unpaired) electrons. The molecule has 4 aromatic rings. The zero-order valence-electron chi connectivity index (χ0n) is 15.1. The summed E-state index contributed by atoms with van der Waals surface area (Å²) in [5, 5.41) is 0.773. The lowest BCUT2D eigenvalue weighted by molar-refractivity contribution is 0.103. The van der Waals surface area contributed by atoms with Gasteiger partial charge >= 0.3 is 0 Å². The van der Waals surface area contributed by atoms with E-state index < -0.39 is 0 Å². The van der Waals surface area contributed by atoms with Crippen LogP contribution in [0, 0.1) is 13.8 Å². The number of hydrogen-bond donors (Lipinski definition) is 0. The molecule has 1 heterocycles. The van der Waals surface area contributed by atoms with Crippen molar-refractivity contribution in [3.8, 4) is 11.5 Å². The molecular formula is C23H18N2O2. The largest absolute Gasteiger partial charge is 0.457 e. The van der Waals surface area contributed by atoms with Crippen LogP contribution in [0.25, 0.3) is 10.9 Å². The van der Waals surface area contributed by atoms with E-state index >= 15 is 0 Å². The van der Waals surface area contributed by atoms with Gasteiger partial charge in [0, 0.05) is 10.9 Å². The van der Waals surface area contributed by atoms with Gasteiger partial charge in [-0.3, -0.25) is 4.79 Å². The molecule has 0 amide bonds. The lowest BCUT2D eigenvalue weighted by atomic mass is 10.0. The predicted molar refractivity (Wildman–Crippen MR) is 105 cm³/mol. The molecule has 4 nitrogen and oxygen atoms in total. The molecule has 0 saturated carbocycles. The fourth-order valence-corrected chi connectivity index (χ4v) is 2.93. The molecule has 0 atom stereocenters. The Labute approximate surface area is 157 Å². The molecule has 0 aliphatic carbocycles. The second kappa shape index (κ2) is 7.00.